The zero-order valence-corrected chi connectivity index (χ0v) is 21.5. The van der Waals surface area contributed by atoms with Crippen LogP contribution in [0.5, 0.6) is 0 Å². The van der Waals surface area contributed by atoms with Crippen molar-refractivity contribution in [1.29, 1.82) is 0 Å². The summed E-state index contributed by atoms with van der Waals surface area (Å²) in [4.78, 5) is 25.5. The highest BCUT2D eigenvalue weighted by atomic mass is 32.2. The number of amides is 1. The van der Waals surface area contributed by atoms with Gasteiger partial charge < -0.3 is 13.9 Å². The van der Waals surface area contributed by atoms with E-state index >= 15 is 0 Å². The second kappa shape index (κ2) is 10.1. The Morgan fingerprint density at radius 1 is 1.34 bits per heavy atom. The average molecular weight is 483 g/mol. The van der Waals surface area contributed by atoms with Crippen LogP contribution in [0.25, 0.3) is 0 Å². The Balaban J connectivity index is 1.74. The predicted octanol–water partition coefficient (Wildman–Crippen LogP) is 4.43. The van der Waals surface area contributed by atoms with Gasteiger partial charge in [0.1, 0.15) is 12.3 Å². The molecule has 2 aliphatic rings. The molecule has 2 heterocycles. The van der Waals surface area contributed by atoms with E-state index in [0.29, 0.717) is 29.9 Å². The summed E-state index contributed by atoms with van der Waals surface area (Å²) in [6.07, 6.45) is 0.705. The van der Waals surface area contributed by atoms with Gasteiger partial charge in [0.15, 0.2) is 9.04 Å². The van der Waals surface area contributed by atoms with Crippen molar-refractivity contribution in [3.63, 3.8) is 0 Å². The van der Waals surface area contributed by atoms with Crippen molar-refractivity contribution >= 4 is 32.6 Å². The fraction of sp³-hybridized carbons (Fsp3) is 0.682. The molecule has 0 radical (unpaired) electrons. The first-order valence-corrected chi connectivity index (χ1v) is 15.0. The lowest BCUT2D eigenvalue weighted by atomic mass is 9.79. The number of benzene rings is 1. The molecular weight excluding hydrogens is 448 g/mol. The van der Waals surface area contributed by atoms with E-state index in [4.69, 9.17) is 13.9 Å². The maximum atomic E-state index is 13.3. The monoisotopic (exact) mass is 482 g/mol. The van der Waals surface area contributed by atoms with Crippen molar-refractivity contribution in [3.8, 4) is 0 Å². The highest BCUT2D eigenvalue weighted by molar-refractivity contribution is 7.99. The third-order valence-corrected chi connectivity index (χ3v) is 8.08. The minimum Gasteiger partial charge on any atom is -0.444 e. The van der Waals surface area contributed by atoms with Gasteiger partial charge >= 0.3 is 6.09 Å². The second-order valence-electron chi connectivity index (χ2n) is 9.94. The van der Waals surface area contributed by atoms with Crippen LogP contribution in [-0.2, 0) is 20.5 Å². The Morgan fingerprint density at radius 3 is 2.53 bits per heavy atom. The van der Waals surface area contributed by atoms with Crippen molar-refractivity contribution in [3.05, 3.63) is 39.9 Å². The summed E-state index contributed by atoms with van der Waals surface area (Å²) in [5, 5.41) is 10.8. The molecule has 0 N–H and O–H groups in total. The lowest BCUT2D eigenvalue weighted by molar-refractivity contribution is -0.384. The van der Waals surface area contributed by atoms with E-state index in [-0.39, 0.29) is 17.7 Å². The topological polar surface area (TPSA) is 94.4 Å². The Kier molecular flexibility index (Phi) is 7.90. The molecule has 0 aliphatic carbocycles. The number of likely N-dealkylation sites (tertiary alicyclic amines) is 1. The maximum absolute atomic E-state index is 13.3. The lowest BCUT2D eigenvalue weighted by Crippen LogP contribution is -2.53. The van der Waals surface area contributed by atoms with E-state index in [9.17, 15) is 14.9 Å². The largest absolute Gasteiger partial charge is 0.444 e. The highest BCUT2D eigenvalue weighted by Crippen LogP contribution is 2.45. The number of carbonyl (C=O) groups excluding carboxylic acids is 1. The number of nitrogens with zero attached hydrogens (tertiary/aromatic N) is 2. The average Bonchev–Trinajstić information content (AvgIpc) is 3.44. The number of thioether (sulfide) groups is 1. The van der Waals surface area contributed by atoms with Gasteiger partial charge in [-0.05, 0) is 42.1 Å². The number of carbonyl (C=O) groups is 1. The highest BCUT2D eigenvalue weighted by Gasteiger charge is 2.52. The summed E-state index contributed by atoms with van der Waals surface area (Å²) in [6, 6.07) is 6.07. The van der Waals surface area contributed by atoms with E-state index in [2.05, 4.69) is 33.9 Å². The Bertz CT molecular complexity index is 812. The minimum absolute atomic E-state index is 0.0126. The number of ether oxygens (including phenoxy) is 2. The molecule has 1 aromatic rings. The molecule has 1 aromatic carbocycles. The van der Waals surface area contributed by atoms with Gasteiger partial charge in [0.2, 0.25) is 0 Å². The summed E-state index contributed by atoms with van der Waals surface area (Å²) < 4.78 is 17.6. The van der Waals surface area contributed by atoms with Crippen LogP contribution in [0.1, 0.15) is 32.8 Å². The van der Waals surface area contributed by atoms with Crippen molar-refractivity contribution in [1.82, 2.24) is 4.90 Å². The normalized spacial score (nSPS) is 25.2. The fourth-order valence-electron chi connectivity index (χ4n) is 3.94. The summed E-state index contributed by atoms with van der Waals surface area (Å²) in [6.45, 7) is 12.3. The molecule has 10 heteroatoms. The molecule has 0 aromatic heterocycles. The Morgan fingerprint density at radius 2 is 2.00 bits per heavy atom. The summed E-state index contributed by atoms with van der Waals surface area (Å²) in [5.41, 5.74) is 0.0778. The molecule has 0 spiro atoms. The molecule has 0 saturated carbocycles. The summed E-state index contributed by atoms with van der Waals surface area (Å²) in [7, 11) is -1.46. The number of rotatable bonds is 9. The van der Waals surface area contributed by atoms with Crippen molar-refractivity contribution < 1.29 is 23.6 Å². The first-order valence-electron chi connectivity index (χ1n) is 11.0. The van der Waals surface area contributed by atoms with E-state index < -0.39 is 25.8 Å². The van der Waals surface area contributed by atoms with Gasteiger partial charge in [-0.2, -0.15) is 11.8 Å². The van der Waals surface area contributed by atoms with Gasteiger partial charge in [-0.15, -0.1) is 0 Å². The maximum Gasteiger partial charge on any atom is 0.412 e. The summed E-state index contributed by atoms with van der Waals surface area (Å²) in [5.74, 6) is 1.88. The third-order valence-electron chi connectivity index (χ3n) is 5.90. The van der Waals surface area contributed by atoms with E-state index in [1.807, 2.05) is 0 Å². The van der Waals surface area contributed by atoms with E-state index in [1.165, 1.54) is 12.1 Å². The van der Waals surface area contributed by atoms with Crippen molar-refractivity contribution in [2.75, 3.05) is 24.7 Å². The van der Waals surface area contributed by atoms with Crippen LogP contribution in [0.15, 0.2) is 24.3 Å². The van der Waals surface area contributed by atoms with Crippen LogP contribution in [-0.4, -0.2) is 61.4 Å². The Labute approximate surface area is 195 Å². The molecule has 2 fully saturated rings. The first-order chi connectivity index (χ1) is 15.0. The van der Waals surface area contributed by atoms with Crippen LogP contribution in [0.3, 0.4) is 0 Å². The van der Waals surface area contributed by atoms with Gasteiger partial charge in [0.05, 0.1) is 17.6 Å². The van der Waals surface area contributed by atoms with Gasteiger partial charge in [-0.3, -0.25) is 15.0 Å². The van der Waals surface area contributed by atoms with Gasteiger partial charge in [0, 0.05) is 36.6 Å². The van der Waals surface area contributed by atoms with E-state index in [0.717, 1.165) is 18.8 Å². The van der Waals surface area contributed by atoms with Crippen molar-refractivity contribution in [2.45, 2.75) is 58.7 Å². The molecular formula is C22H34N2O6SSi. The second-order valence-corrected chi connectivity index (χ2v) is 13.3. The molecule has 32 heavy (non-hydrogen) atoms. The van der Waals surface area contributed by atoms with Crippen LogP contribution in [0.2, 0.25) is 13.1 Å². The standard InChI is InChI=1S/C22H34N2O6SSi/c1-21(2,3)17-10-22(30-32(4)5,15-31-14-19-13-28-19)23(11-17)20(25)29-12-16-6-8-18(9-7-16)24(26)27/h6-9,17,19,32H,10-15H2,1-5H3/t17-,19?,22-/m0/s1. The van der Waals surface area contributed by atoms with Crippen LogP contribution in [0.4, 0.5) is 10.5 Å². The molecule has 178 valence electrons. The quantitative estimate of drug-likeness (QED) is 0.222. The molecule has 0 bridgehead atoms. The summed E-state index contributed by atoms with van der Waals surface area (Å²) >= 11 is 1.77. The number of hydrogen-bond acceptors (Lipinski definition) is 7. The predicted molar refractivity (Wildman–Crippen MR) is 127 cm³/mol. The SMILES string of the molecule is C[SiH](C)O[C@]1(CSCC2CO2)C[C@H](C(C)(C)C)CN1C(=O)OCc1ccc([N+](=O)[O-])cc1. The Hall–Kier alpha value is -1.62. The third kappa shape index (κ3) is 6.46. The molecule has 2 aliphatic heterocycles. The van der Waals surface area contributed by atoms with Gasteiger partial charge in [-0.25, -0.2) is 4.79 Å². The number of non-ortho nitro benzene ring substituents is 1. The molecule has 8 nitrogen and oxygen atoms in total. The zero-order chi connectivity index (χ0) is 23.5. The zero-order valence-electron chi connectivity index (χ0n) is 19.5. The number of nitro benzene ring substituents is 1. The van der Waals surface area contributed by atoms with Gasteiger partial charge in [0.25, 0.3) is 5.69 Å². The fourth-order valence-corrected chi connectivity index (χ4v) is 6.48. The van der Waals surface area contributed by atoms with Crippen molar-refractivity contribution in [2.24, 2.45) is 11.3 Å². The molecule has 1 amide bonds. The van der Waals surface area contributed by atoms with Crippen LogP contribution in [0, 0.1) is 21.4 Å². The molecule has 1 unspecified atom stereocenters. The number of hydrogen-bond donors (Lipinski definition) is 0. The molecule has 3 rings (SSSR count). The number of epoxide rings is 1. The van der Waals surface area contributed by atoms with Crippen LogP contribution >= 0.6 is 11.8 Å². The smallest absolute Gasteiger partial charge is 0.412 e. The van der Waals surface area contributed by atoms with Crippen LogP contribution < -0.4 is 0 Å². The molecule has 3 atom stereocenters. The number of nitro groups is 1. The minimum atomic E-state index is -1.46. The van der Waals surface area contributed by atoms with E-state index in [1.54, 1.807) is 28.8 Å². The van der Waals surface area contributed by atoms with Gasteiger partial charge in [-0.1, -0.05) is 20.8 Å². The first kappa shape index (κ1) is 25.0. The lowest BCUT2D eigenvalue weighted by Gasteiger charge is -2.39. The molecule has 2 saturated heterocycles.